The van der Waals surface area contributed by atoms with E-state index in [0.717, 1.165) is 55.7 Å². The smallest absolute Gasteiger partial charge is 0.101 e. The standard InChI is InChI=1S/C52H34N4/c1-35-19-30-51-47(31-35)46-15-7-10-18-50(46)56(51)43-28-24-40(25-29-43)52(38-11-3-2-4-12-38,41-21-20-36(33-53)37(32-41)34-54)39-22-26-42(27-23-39)55-48-16-8-5-13-44(48)45-14-6-9-17-49(45)55/h2-32H,1H3. The first kappa shape index (κ1) is 32.9. The normalized spacial score (nSPS) is 12.5. The summed E-state index contributed by atoms with van der Waals surface area (Å²) in [5.74, 6) is 0. The predicted octanol–water partition coefficient (Wildman–Crippen LogP) is 12.3. The van der Waals surface area contributed by atoms with Crippen LogP contribution in [0.15, 0.2) is 188 Å². The van der Waals surface area contributed by atoms with Crippen molar-refractivity contribution in [3.8, 4) is 23.5 Å². The third-order valence-corrected chi connectivity index (χ3v) is 11.4. The van der Waals surface area contributed by atoms with Crippen LogP contribution in [0.25, 0.3) is 55.0 Å². The summed E-state index contributed by atoms with van der Waals surface area (Å²) in [4.78, 5) is 0. The van der Waals surface area contributed by atoms with Gasteiger partial charge in [-0.05, 0) is 95.9 Å². The number of aryl methyl sites for hydroxylation is 1. The Kier molecular flexibility index (Phi) is 7.66. The van der Waals surface area contributed by atoms with Gasteiger partial charge >= 0.3 is 0 Å². The van der Waals surface area contributed by atoms with E-state index in [1.807, 2.05) is 18.2 Å². The van der Waals surface area contributed by atoms with E-state index in [-0.39, 0.29) is 0 Å². The van der Waals surface area contributed by atoms with Gasteiger partial charge in [0.25, 0.3) is 0 Å². The maximum atomic E-state index is 10.3. The van der Waals surface area contributed by atoms with E-state index in [1.165, 1.54) is 27.1 Å². The minimum atomic E-state index is -0.837. The highest BCUT2D eigenvalue weighted by molar-refractivity contribution is 6.10. The number of aromatic nitrogens is 2. The van der Waals surface area contributed by atoms with Crippen molar-refractivity contribution < 1.29 is 0 Å². The number of fused-ring (bicyclic) bond motifs is 6. The molecule has 4 heteroatoms. The van der Waals surface area contributed by atoms with Crippen LogP contribution in [0, 0.1) is 29.6 Å². The number of hydrogen-bond acceptors (Lipinski definition) is 2. The van der Waals surface area contributed by atoms with Crippen LogP contribution in [0.5, 0.6) is 0 Å². The molecular weight excluding hydrogens is 681 g/mol. The zero-order valence-electron chi connectivity index (χ0n) is 30.7. The first-order chi connectivity index (χ1) is 27.6. The van der Waals surface area contributed by atoms with Gasteiger partial charge in [-0.25, -0.2) is 0 Å². The molecule has 0 aliphatic carbocycles. The van der Waals surface area contributed by atoms with Crippen molar-refractivity contribution in [2.45, 2.75) is 12.3 Å². The Morgan fingerprint density at radius 2 is 0.804 bits per heavy atom. The maximum Gasteiger partial charge on any atom is 0.101 e. The topological polar surface area (TPSA) is 57.4 Å². The lowest BCUT2D eigenvalue weighted by atomic mass is 9.64. The molecule has 262 valence electrons. The number of hydrogen-bond donors (Lipinski definition) is 0. The van der Waals surface area contributed by atoms with Crippen molar-refractivity contribution in [1.29, 1.82) is 10.5 Å². The fourth-order valence-electron chi connectivity index (χ4n) is 8.94. The average Bonchev–Trinajstić information content (AvgIpc) is 3.77. The van der Waals surface area contributed by atoms with Crippen molar-refractivity contribution in [3.05, 3.63) is 227 Å². The zero-order valence-corrected chi connectivity index (χ0v) is 30.7. The van der Waals surface area contributed by atoms with Crippen molar-refractivity contribution in [3.63, 3.8) is 0 Å². The van der Waals surface area contributed by atoms with Crippen LogP contribution in [0.2, 0.25) is 0 Å². The highest BCUT2D eigenvalue weighted by atomic mass is 15.0. The van der Waals surface area contributed by atoms with Gasteiger partial charge in [-0.15, -0.1) is 0 Å². The SMILES string of the molecule is Cc1ccc2c(c1)c1ccccc1n2-c1ccc(C(c2ccccc2)(c2ccc(-n3c4ccccc4c4ccccc43)cc2)c2ccc(C#N)c(C#N)c2)cc1. The van der Waals surface area contributed by atoms with Gasteiger partial charge in [-0.2, -0.15) is 10.5 Å². The summed E-state index contributed by atoms with van der Waals surface area (Å²) in [6.45, 7) is 2.14. The van der Waals surface area contributed by atoms with Crippen LogP contribution >= 0.6 is 0 Å². The molecule has 0 N–H and O–H groups in total. The van der Waals surface area contributed by atoms with Crippen molar-refractivity contribution in [1.82, 2.24) is 9.13 Å². The van der Waals surface area contributed by atoms with Gasteiger partial charge in [0.05, 0.1) is 38.6 Å². The van der Waals surface area contributed by atoms with E-state index in [2.05, 4.69) is 192 Å². The Hall–Kier alpha value is -7.66. The third kappa shape index (κ3) is 4.91. The quantitative estimate of drug-likeness (QED) is 0.161. The molecule has 0 spiro atoms. The minimum Gasteiger partial charge on any atom is -0.309 e. The fraction of sp³-hybridized carbons (Fsp3) is 0.0385. The molecule has 0 saturated heterocycles. The molecule has 2 heterocycles. The maximum absolute atomic E-state index is 10.3. The van der Waals surface area contributed by atoms with E-state index < -0.39 is 5.41 Å². The Morgan fingerprint density at radius 3 is 1.32 bits per heavy atom. The summed E-state index contributed by atoms with van der Waals surface area (Å²) < 4.78 is 4.67. The van der Waals surface area contributed by atoms with Crippen LogP contribution in [-0.2, 0) is 5.41 Å². The van der Waals surface area contributed by atoms with Crippen LogP contribution in [0.3, 0.4) is 0 Å². The Labute approximate surface area is 325 Å². The second-order valence-electron chi connectivity index (χ2n) is 14.4. The predicted molar refractivity (Wildman–Crippen MR) is 228 cm³/mol. The van der Waals surface area contributed by atoms with E-state index in [0.29, 0.717) is 11.1 Å². The molecule has 1 unspecified atom stereocenters. The monoisotopic (exact) mass is 714 g/mol. The second-order valence-corrected chi connectivity index (χ2v) is 14.4. The summed E-state index contributed by atoms with van der Waals surface area (Å²) in [6.07, 6.45) is 0. The van der Waals surface area contributed by atoms with Crippen LogP contribution in [0.4, 0.5) is 0 Å². The van der Waals surface area contributed by atoms with Gasteiger partial charge in [-0.3, -0.25) is 0 Å². The molecule has 1 atom stereocenters. The molecule has 56 heavy (non-hydrogen) atoms. The minimum absolute atomic E-state index is 0.351. The van der Waals surface area contributed by atoms with Gasteiger partial charge in [0.15, 0.2) is 0 Å². The summed E-state index contributed by atoms with van der Waals surface area (Å²) in [5, 5.41) is 25.1. The van der Waals surface area contributed by atoms with Crippen molar-refractivity contribution >= 4 is 43.6 Å². The van der Waals surface area contributed by atoms with Crippen LogP contribution in [-0.4, -0.2) is 9.13 Å². The number of nitriles is 2. The lowest BCUT2D eigenvalue weighted by Crippen LogP contribution is -2.31. The molecule has 2 aromatic heterocycles. The summed E-state index contributed by atoms with van der Waals surface area (Å²) in [5.41, 5.74) is 11.9. The highest BCUT2D eigenvalue weighted by Crippen LogP contribution is 2.47. The molecule has 0 saturated carbocycles. The molecule has 8 aromatic carbocycles. The number of nitrogens with zero attached hydrogens (tertiary/aromatic N) is 4. The molecule has 0 fully saturated rings. The number of rotatable bonds is 6. The van der Waals surface area contributed by atoms with Gasteiger partial charge in [0, 0.05) is 32.9 Å². The Balaban J connectivity index is 1.22. The highest BCUT2D eigenvalue weighted by Gasteiger charge is 2.39. The first-order valence-electron chi connectivity index (χ1n) is 18.8. The van der Waals surface area contributed by atoms with Crippen LogP contribution in [0.1, 0.15) is 38.9 Å². The Morgan fingerprint density at radius 1 is 0.375 bits per heavy atom. The molecule has 0 bridgehead atoms. The molecule has 0 amide bonds. The third-order valence-electron chi connectivity index (χ3n) is 11.4. The largest absolute Gasteiger partial charge is 0.309 e. The van der Waals surface area contributed by atoms with Gasteiger partial charge in [0.1, 0.15) is 12.1 Å². The lowest BCUT2D eigenvalue weighted by Gasteiger charge is -2.37. The van der Waals surface area contributed by atoms with E-state index >= 15 is 0 Å². The molecule has 10 aromatic rings. The number of benzene rings is 8. The van der Waals surface area contributed by atoms with Crippen molar-refractivity contribution in [2.75, 3.05) is 0 Å². The molecule has 0 aliphatic heterocycles. The molecule has 10 rings (SSSR count). The molecule has 0 radical (unpaired) electrons. The van der Waals surface area contributed by atoms with E-state index in [4.69, 9.17) is 0 Å². The zero-order chi connectivity index (χ0) is 37.8. The summed E-state index contributed by atoms with van der Waals surface area (Å²) in [6, 6.07) is 70.8. The average molecular weight is 715 g/mol. The van der Waals surface area contributed by atoms with Crippen molar-refractivity contribution in [2.24, 2.45) is 0 Å². The fourth-order valence-corrected chi connectivity index (χ4v) is 8.94. The summed E-state index contributed by atoms with van der Waals surface area (Å²) in [7, 11) is 0. The molecular formula is C52H34N4. The van der Waals surface area contributed by atoms with Gasteiger partial charge in [-0.1, -0.05) is 127 Å². The molecule has 0 aliphatic rings. The van der Waals surface area contributed by atoms with Gasteiger partial charge in [0.2, 0.25) is 0 Å². The van der Waals surface area contributed by atoms with Crippen LogP contribution < -0.4 is 0 Å². The second kappa shape index (κ2) is 13.0. The Bertz CT molecular complexity index is 3150. The van der Waals surface area contributed by atoms with E-state index in [9.17, 15) is 10.5 Å². The van der Waals surface area contributed by atoms with Gasteiger partial charge < -0.3 is 9.13 Å². The summed E-state index contributed by atoms with van der Waals surface area (Å²) >= 11 is 0. The molecule has 4 nitrogen and oxygen atoms in total. The number of para-hydroxylation sites is 3. The first-order valence-corrected chi connectivity index (χ1v) is 18.8. The van der Waals surface area contributed by atoms with E-state index in [1.54, 1.807) is 6.07 Å². The lowest BCUT2D eigenvalue weighted by molar-refractivity contribution is 0.744.